The minimum absolute atomic E-state index is 0.719. The van der Waals surface area contributed by atoms with Crippen LogP contribution in [0.3, 0.4) is 0 Å². The van der Waals surface area contributed by atoms with E-state index < -0.39 is 0 Å². The van der Waals surface area contributed by atoms with Gasteiger partial charge in [-0.25, -0.2) is 0 Å². The van der Waals surface area contributed by atoms with E-state index in [0.717, 1.165) is 4.83 Å². The molecule has 0 bridgehead atoms. The summed E-state index contributed by atoms with van der Waals surface area (Å²) in [6, 6.07) is 0. The molecule has 0 aromatic rings. The molecule has 0 N–H and O–H groups in total. The summed E-state index contributed by atoms with van der Waals surface area (Å²) >= 11 is 3.66. The molecule has 0 amide bonds. The van der Waals surface area contributed by atoms with Crippen LogP contribution < -0.4 is 0 Å². The molecule has 0 spiro atoms. The fourth-order valence-corrected chi connectivity index (χ4v) is 2.38. The molecule has 0 nitrogen and oxygen atoms in total. The molecular weight excluding hydrogens is 224 g/mol. The zero-order valence-corrected chi connectivity index (χ0v) is 9.39. The second-order valence-corrected chi connectivity index (χ2v) is 5.05. The Morgan fingerprint density at radius 2 is 2.15 bits per heavy atom. The molecule has 0 fully saturated rings. The first-order chi connectivity index (χ1) is 6.36. The van der Waals surface area contributed by atoms with E-state index in [2.05, 4.69) is 40.2 Å². The van der Waals surface area contributed by atoms with Crippen molar-refractivity contribution in [1.82, 2.24) is 0 Å². The van der Waals surface area contributed by atoms with Gasteiger partial charge in [-0.05, 0) is 43.3 Å². The van der Waals surface area contributed by atoms with Gasteiger partial charge in [-0.3, -0.25) is 0 Å². The van der Waals surface area contributed by atoms with E-state index in [1.165, 1.54) is 32.1 Å². The molecule has 2 aliphatic carbocycles. The van der Waals surface area contributed by atoms with Gasteiger partial charge in [0.1, 0.15) is 0 Å². The predicted octanol–water partition coefficient (Wildman–Crippen LogP) is 4.14. The first-order valence-electron chi connectivity index (χ1n) is 5.05. The minimum atomic E-state index is 0.719. The highest BCUT2D eigenvalue weighted by Gasteiger charge is 2.14. The van der Waals surface area contributed by atoms with Crippen molar-refractivity contribution in [1.29, 1.82) is 0 Å². The Labute approximate surface area is 88.5 Å². The maximum atomic E-state index is 3.66. The molecule has 1 atom stereocenters. The van der Waals surface area contributed by atoms with Gasteiger partial charge in [0.25, 0.3) is 0 Å². The Bertz CT molecular complexity index is 271. The molecular formula is C12H15Br. The summed E-state index contributed by atoms with van der Waals surface area (Å²) in [5.74, 6) is 0. The molecule has 0 aromatic heterocycles. The van der Waals surface area contributed by atoms with Crippen LogP contribution in [0.5, 0.6) is 0 Å². The van der Waals surface area contributed by atoms with Crippen LogP contribution in [-0.4, -0.2) is 4.83 Å². The monoisotopic (exact) mass is 238 g/mol. The third-order valence-corrected chi connectivity index (χ3v) is 3.60. The van der Waals surface area contributed by atoms with Gasteiger partial charge in [0, 0.05) is 4.83 Å². The molecule has 70 valence electrons. The lowest BCUT2D eigenvalue weighted by Crippen LogP contribution is -2.05. The number of rotatable bonds is 1. The zero-order chi connectivity index (χ0) is 9.10. The summed E-state index contributed by atoms with van der Waals surface area (Å²) in [6.45, 7) is 0. The highest BCUT2D eigenvalue weighted by molar-refractivity contribution is 9.09. The van der Waals surface area contributed by atoms with E-state index in [0.29, 0.717) is 0 Å². The largest absolute Gasteiger partial charge is 0.0887 e. The molecule has 2 aliphatic rings. The lowest BCUT2D eigenvalue weighted by atomic mass is 9.89. The third-order valence-electron chi connectivity index (χ3n) is 2.77. The molecule has 0 saturated carbocycles. The second-order valence-electron chi connectivity index (χ2n) is 3.76. The van der Waals surface area contributed by atoms with Crippen molar-refractivity contribution in [2.24, 2.45) is 0 Å². The first-order valence-corrected chi connectivity index (χ1v) is 5.97. The summed E-state index contributed by atoms with van der Waals surface area (Å²) in [6.07, 6.45) is 15.4. The van der Waals surface area contributed by atoms with Crippen molar-refractivity contribution in [3.8, 4) is 0 Å². The summed E-state index contributed by atoms with van der Waals surface area (Å²) in [7, 11) is 0. The summed E-state index contributed by atoms with van der Waals surface area (Å²) in [5.41, 5.74) is 3.17. The van der Waals surface area contributed by atoms with Gasteiger partial charge in [-0.15, -0.1) is 0 Å². The smallest absolute Gasteiger partial charge is 0.0183 e. The predicted molar refractivity (Wildman–Crippen MR) is 61.1 cm³/mol. The van der Waals surface area contributed by atoms with Gasteiger partial charge in [-0.1, -0.05) is 40.2 Å². The minimum Gasteiger partial charge on any atom is -0.0887 e. The molecule has 1 unspecified atom stereocenters. The summed E-state index contributed by atoms with van der Waals surface area (Å²) in [4.78, 5) is 0.719. The Kier molecular flexibility index (Phi) is 3.05. The number of hydrogen-bond acceptors (Lipinski definition) is 0. The Morgan fingerprint density at radius 3 is 2.77 bits per heavy atom. The average molecular weight is 239 g/mol. The number of hydrogen-bond donors (Lipinski definition) is 0. The van der Waals surface area contributed by atoms with E-state index in [9.17, 15) is 0 Å². The van der Waals surface area contributed by atoms with Crippen molar-refractivity contribution in [3.63, 3.8) is 0 Å². The fraction of sp³-hybridized carbons (Fsp3) is 0.500. The highest BCUT2D eigenvalue weighted by atomic mass is 79.9. The van der Waals surface area contributed by atoms with Crippen LogP contribution in [0.2, 0.25) is 0 Å². The van der Waals surface area contributed by atoms with Crippen molar-refractivity contribution >= 4 is 15.9 Å². The Morgan fingerprint density at radius 1 is 1.23 bits per heavy atom. The van der Waals surface area contributed by atoms with Crippen molar-refractivity contribution in [2.45, 2.75) is 36.9 Å². The highest BCUT2D eigenvalue weighted by Crippen LogP contribution is 2.31. The van der Waals surface area contributed by atoms with Gasteiger partial charge >= 0.3 is 0 Å². The van der Waals surface area contributed by atoms with E-state index in [1.54, 1.807) is 11.1 Å². The molecule has 0 saturated heterocycles. The van der Waals surface area contributed by atoms with Gasteiger partial charge in [0.15, 0.2) is 0 Å². The van der Waals surface area contributed by atoms with Crippen LogP contribution in [0, 0.1) is 0 Å². The van der Waals surface area contributed by atoms with E-state index in [4.69, 9.17) is 0 Å². The van der Waals surface area contributed by atoms with Gasteiger partial charge in [-0.2, -0.15) is 0 Å². The van der Waals surface area contributed by atoms with Crippen LogP contribution in [0.1, 0.15) is 32.1 Å². The van der Waals surface area contributed by atoms with Crippen LogP contribution in [0.15, 0.2) is 35.5 Å². The molecule has 0 radical (unpaired) electrons. The molecule has 1 heteroatoms. The van der Waals surface area contributed by atoms with Crippen LogP contribution in [0.25, 0.3) is 0 Å². The van der Waals surface area contributed by atoms with Crippen molar-refractivity contribution in [3.05, 3.63) is 35.5 Å². The van der Waals surface area contributed by atoms with Gasteiger partial charge < -0.3 is 0 Å². The van der Waals surface area contributed by atoms with E-state index in [1.807, 2.05) is 0 Å². The molecule has 2 rings (SSSR count). The number of halogens is 1. The van der Waals surface area contributed by atoms with Gasteiger partial charge in [0.05, 0.1) is 0 Å². The zero-order valence-electron chi connectivity index (χ0n) is 7.80. The third kappa shape index (κ3) is 2.34. The van der Waals surface area contributed by atoms with E-state index in [-0.39, 0.29) is 0 Å². The van der Waals surface area contributed by atoms with Crippen molar-refractivity contribution in [2.75, 3.05) is 0 Å². The van der Waals surface area contributed by atoms with Crippen molar-refractivity contribution < 1.29 is 0 Å². The standard InChI is InChI=1S/C12H15Br/c13-12-8-6-11(7-9-12)10-4-2-1-3-5-10/h1-2,4,6,12H,3,5,7-9H2. The van der Waals surface area contributed by atoms with Crippen LogP contribution in [0.4, 0.5) is 0 Å². The normalized spacial score (nSPS) is 28.2. The molecule has 0 aliphatic heterocycles. The Balaban J connectivity index is 2.08. The molecule has 0 aromatic carbocycles. The average Bonchev–Trinajstić information content (AvgIpc) is 2.20. The maximum Gasteiger partial charge on any atom is 0.0183 e. The second kappa shape index (κ2) is 4.28. The summed E-state index contributed by atoms with van der Waals surface area (Å²) in [5, 5.41) is 0. The fourth-order valence-electron chi connectivity index (χ4n) is 1.96. The van der Waals surface area contributed by atoms with Crippen LogP contribution in [-0.2, 0) is 0 Å². The number of alkyl halides is 1. The summed E-state index contributed by atoms with van der Waals surface area (Å²) < 4.78 is 0. The van der Waals surface area contributed by atoms with Gasteiger partial charge in [0.2, 0.25) is 0 Å². The van der Waals surface area contributed by atoms with Crippen LogP contribution >= 0.6 is 15.9 Å². The lowest BCUT2D eigenvalue weighted by molar-refractivity contribution is 0.723. The molecule has 0 heterocycles. The first kappa shape index (κ1) is 9.26. The SMILES string of the molecule is BrC1CC=C(C2=CC=CCC2)CC1. The molecule has 13 heavy (non-hydrogen) atoms. The topological polar surface area (TPSA) is 0 Å². The quantitative estimate of drug-likeness (QED) is 0.603. The van der Waals surface area contributed by atoms with E-state index >= 15 is 0 Å². The Hall–Kier alpha value is -0.300. The lowest BCUT2D eigenvalue weighted by Gasteiger charge is -2.20. The number of allylic oxidation sites excluding steroid dienone is 6. The maximum absolute atomic E-state index is 3.66.